The van der Waals surface area contributed by atoms with Crippen LogP contribution < -0.4 is 4.90 Å². The van der Waals surface area contributed by atoms with E-state index in [1.54, 1.807) is 6.20 Å². The van der Waals surface area contributed by atoms with Gasteiger partial charge in [0.2, 0.25) is 0 Å². The van der Waals surface area contributed by atoms with Crippen molar-refractivity contribution in [2.45, 2.75) is 57.1 Å². The number of piperidine rings is 3. The van der Waals surface area contributed by atoms with Gasteiger partial charge in [-0.1, -0.05) is 0 Å². The van der Waals surface area contributed by atoms with Crippen molar-refractivity contribution in [2.24, 2.45) is 0 Å². The smallest absolute Gasteiger partial charge is 0.254 e. The quantitative estimate of drug-likeness (QED) is 0.881. The molecule has 6 nitrogen and oxygen atoms in total. The minimum Gasteiger partial charge on any atom is -0.393 e. The summed E-state index contributed by atoms with van der Waals surface area (Å²) in [5, 5.41) is 9.71. The lowest BCUT2D eigenvalue weighted by molar-refractivity contribution is 0.0541. The lowest BCUT2D eigenvalue weighted by Crippen LogP contribution is -2.48. The first kappa shape index (κ1) is 18.7. The number of aliphatic hydroxyl groups is 1. The maximum absolute atomic E-state index is 12.8. The van der Waals surface area contributed by atoms with Gasteiger partial charge in [0.25, 0.3) is 5.91 Å². The van der Waals surface area contributed by atoms with E-state index < -0.39 is 0 Å². The average molecular weight is 373 g/mol. The summed E-state index contributed by atoms with van der Waals surface area (Å²) in [7, 11) is 0. The zero-order valence-corrected chi connectivity index (χ0v) is 16.2. The Morgan fingerprint density at radius 2 is 1.67 bits per heavy atom. The van der Waals surface area contributed by atoms with Crippen molar-refractivity contribution in [2.75, 3.05) is 44.2 Å². The van der Waals surface area contributed by atoms with Crippen molar-refractivity contribution >= 4 is 11.7 Å². The Labute approximate surface area is 162 Å². The number of anilines is 1. The van der Waals surface area contributed by atoms with Gasteiger partial charge in [0, 0.05) is 57.1 Å². The Kier molecular flexibility index (Phi) is 5.93. The number of hydrogen-bond acceptors (Lipinski definition) is 5. The van der Waals surface area contributed by atoms with Gasteiger partial charge in [-0.05, 0) is 57.1 Å². The molecule has 0 spiro atoms. The van der Waals surface area contributed by atoms with Gasteiger partial charge in [-0.25, -0.2) is 4.98 Å². The Morgan fingerprint density at radius 1 is 0.963 bits per heavy atom. The minimum atomic E-state index is -0.106. The third-order valence-corrected chi connectivity index (χ3v) is 6.44. The summed E-state index contributed by atoms with van der Waals surface area (Å²) < 4.78 is 0. The number of likely N-dealkylation sites (tertiary alicyclic amines) is 2. The van der Waals surface area contributed by atoms with E-state index in [9.17, 15) is 9.90 Å². The van der Waals surface area contributed by atoms with Crippen molar-refractivity contribution in [1.29, 1.82) is 0 Å². The van der Waals surface area contributed by atoms with Gasteiger partial charge in [0.05, 0.1) is 6.10 Å². The fourth-order valence-electron chi connectivity index (χ4n) is 4.72. The molecule has 0 radical (unpaired) electrons. The molecule has 0 aliphatic carbocycles. The van der Waals surface area contributed by atoms with E-state index in [0.717, 1.165) is 89.2 Å². The van der Waals surface area contributed by atoms with Gasteiger partial charge < -0.3 is 19.8 Å². The molecule has 0 saturated carbocycles. The Hall–Kier alpha value is -1.66. The first-order chi connectivity index (χ1) is 13.2. The average Bonchev–Trinajstić information content (AvgIpc) is 2.75. The molecule has 1 N–H and O–H groups in total. The number of rotatable bonds is 3. The van der Waals surface area contributed by atoms with E-state index in [1.165, 1.54) is 6.42 Å². The zero-order valence-electron chi connectivity index (χ0n) is 16.2. The maximum atomic E-state index is 12.8. The summed E-state index contributed by atoms with van der Waals surface area (Å²) in [5.74, 6) is 1.09. The number of aliphatic hydroxyl groups excluding tert-OH is 1. The SMILES string of the molecule is O=C(c1ccnc(N2CCC(N3CCC(O)CC3)CC2)c1)N1CCCCC1. The van der Waals surface area contributed by atoms with Crippen molar-refractivity contribution in [1.82, 2.24) is 14.8 Å². The van der Waals surface area contributed by atoms with Crippen LogP contribution in [0.2, 0.25) is 0 Å². The molecule has 4 rings (SSSR count). The molecule has 4 heterocycles. The predicted molar refractivity (Wildman–Crippen MR) is 106 cm³/mol. The molecule has 27 heavy (non-hydrogen) atoms. The van der Waals surface area contributed by atoms with Crippen LogP contribution in [0.4, 0.5) is 5.82 Å². The van der Waals surface area contributed by atoms with Crippen LogP contribution in [0.15, 0.2) is 18.3 Å². The summed E-state index contributed by atoms with van der Waals surface area (Å²) in [4.78, 5) is 24.2. The molecule has 6 heteroatoms. The second kappa shape index (κ2) is 8.57. The monoisotopic (exact) mass is 372 g/mol. The minimum absolute atomic E-state index is 0.106. The molecular weight excluding hydrogens is 340 g/mol. The second-order valence-electron chi connectivity index (χ2n) is 8.24. The fourth-order valence-corrected chi connectivity index (χ4v) is 4.72. The molecule has 0 aromatic carbocycles. The third-order valence-electron chi connectivity index (χ3n) is 6.44. The first-order valence-electron chi connectivity index (χ1n) is 10.6. The van der Waals surface area contributed by atoms with Gasteiger partial charge in [0.15, 0.2) is 0 Å². The van der Waals surface area contributed by atoms with E-state index in [4.69, 9.17) is 0 Å². The van der Waals surface area contributed by atoms with Crippen LogP contribution in [-0.2, 0) is 0 Å². The number of pyridine rings is 1. The standard InChI is InChI=1S/C21H32N4O2/c26-19-7-14-23(15-8-19)18-5-12-24(13-6-18)20-16-17(4-9-22-20)21(27)25-10-2-1-3-11-25/h4,9,16,18-19,26H,1-3,5-8,10-15H2. The zero-order chi connectivity index (χ0) is 18.6. The summed E-state index contributed by atoms with van der Waals surface area (Å²) in [5.41, 5.74) is 0.772. The molecule has 0 unspecified atom stereocenters. The van der Waals surface area contributed by atoms with E-state index in [0.29, 0.717) is 6.04 Å². The maximum Gasteiger partial charge on any atom is 0.254 e. The van der Waals surface area contributed by atoms with Crippen LogP contribution in [0.5, 0.6) is 0 Å². The Balaban J connectivity index is 1.35. The van der Waals surface area contributed by atoms with E-state index in [-0.39, 0.29) is 12.0 Å². The number of hydrogen-bond donors (Lipinski definition) is 1. The molecule has 0 atom stereocenters. The topological polar surface area (TPSA) is 59.9 Å². The normalized spacial score (nSPS) is 23.6. The summed E-state index contributed by atoms with van der Waals surface area (Å²) in [6, 6.07) is 4.45. The van der Waals surface area contributed by atoms with Crippen LogP contribution in [0.25, 0.3) is 0 Å². The Morgan fingerprint density at radius 3 is 2.37 bits per heavy atom. The molecule has 1 amide bonds. The predicted octanol–water partition coefficient (Wildman–Crippen LogP) is 2.13. The van der Waals surface area contributed by atoms with Gasteiger partial charge in [-0.15, -0.1) is 0 Å². The molecule has 3 aliphatic rings. The van der Waals surface area contributed by atoms with Crippen molar-refractivity contribution < 1.29 is 9.90 Å². The first-order valence-corrected chi connectivity index (χ1v) is 10.6. The largest absolute Gasteiger partial charge is 0.393 e. The van der Waals surface area contributed by atoms with Crippen LogP contribution in [0.1, 0.15) is 55.3 Å². The number of amides is 1. The third kappa shape index (κ3) is 4.43. The fraction of sp³-hybridized carbons (Fsp3) is 0.714. The lowest BCUT2D eigenvalue weighted by atomic mass is 9.99. The number of aromatic nitrogens is 1. The molecular formula is C21H32N4O2. The summed E-state index contributed by atoms with van der Waals surface area (Å²) in [6.45, 7) is 5.77. The highest BCUT2D eigenvalue weighted by Crippen LogP contribution is 2.25. The highest BCUT2D eigenvalue weighted by Gasteiger charge is 2.28. The van der Waals surface area contributed by atoms with Crippen molar-refractivity contribution in [3.05, 3.63) is 23.9 Å². The van der Waals surface area contributed by atoms with E-state index in [2.05, 4.69) is 14.8 Å². The van der Waals surface area contributed by atoms with Crippen LogP contribution >= 0.6 is 0 Å². The van der Waals surface area contributed by atoms with Gasteiger partial charge in [-0.2, -0.15) is 0 Å². The van der Waals surface area contributed by atoms with Gasteiger partial charge in [0.1, 0.15) is 5.82 Å². The lowest BCUT2D eigenvalue weighted by Gasteiger charge is -2.41. The molecule has 148 valence electrons. The highest BCUT2D eigenvalue weighted by molar-refractivity contribution is 5.94. The number of carbonyl (C=O) groups excluding carboxylic acids is 1. The van der Waals surface area contributed by atoms with Crippen LogP contribution in [0.3, 0.4) is 0 Å². The summed E-state index contributed by atoms with van der Waals surface area (Å²) >= 11 is 0. The molecule has 1 aromatic rings. The van der Waals surface area contributed by atoms with E-state index >= 15 is 0 Å². The van der Waals surface area contributed by atoms with Crippen LogP contribution in [-0.4, -0.2) is 77.2 Å². The molecule has 3 fully saturated rings. The van der Waals surface area contributed by atoms with Gasteiger partial charge in [-0.3, -0.25) is 4.79 Å². The van der Waals surface area contributed by atoms with Crippen molar-refractivity contribution in [3.63, 3.8) is 0 Å². The van der Waals surface area contributed by atoms with E-state index in [1.807, 2.05) is 17.0 Å². The van der Waals surface area contributed by atoms with Gasteiger partial charge >= 0.3 is 0 Å². The van der Waals surface area contributed by atoms with Crippen LogP contribution in [0, 0.1) is 0 Å². The number of nitrogens with zero attached hydrogens (tertiary/aromatic N) is 4. The number of carbonyl (C=O) groups is 1. The molecule has 3 aliphatic heterocycles. The molecule has 1 aromatic heterocycles. The highest BCUT2D eigenvalue weighted by atomic mass is 16.3. The Bertz CT molecular complexity index is 631. The second-order valence-corrected chi connectivity index (χ2v) is 8.24. The summed E-state index contributed by atoms with van der Waals surface area (Å²) in [6.07, 6.45) is 9.21. The van der Waals surface area contributed by atoms with Crippen molar-refractivity contribution in [3.8, 4) is 0 Å². The molecule has 0 bridgehead atoms. The molecule has 3 saturated heterocycles.